The third-order valence-electron chi connectivity index (χ3n) is 5.28. The van der Waals surface area contributed by atoms with Gasteiger partial charge in [-0.05, 0) is 42.6 Å². The summed E-state index contributed by atoms with van der Waals surface area (Å²) in [6.45, 7) is 3.57. The Morgan fingerprint density at radius 2 is 1.57 bits per heavy atom. The monoisotopic (exact) mass is 279 g/mol. The Morgan fingerprint density at radius 1 is 0.905 bits per heavy atom. The predicted octanol–water partition coefficient (Wildman–Crippen LogP) is 3.12. The van der Waals surface area contributed by atoms with Crippen molar-refractivity contribution >= 4 is 0 Å². The van der Waals surface area contributed by atoms with Crippen molar-refractivity contribution in [3.05, 3.63) is 71.3 Å². The molecule has 2 saturated heterocycles. The van der Waals surface area contributed by atoms with Crippen molar-refractivity contribution in [2.75, 3.05) is 19.6 Å². The van der Waals surface area contributed by atoms with Crippen LogP contribution in [0.2, 0.25) is 0 Å². The molecular formula is C19H21NO. The van der Waals surface area contributed by atoms with Crippen molar-refractivity contribution in [1.29, 1.82) is 0 Å². The summed E-state index contributed by atoms with van der Waals surface area (Å²) in [5, 5.41) is 10.8. The van der Waals surface area contributed by atoms with E-state index in [-0.39, 0.29) is 5.41 Å². The lowest BCUT2D eigenvalue weighted by Gasteiger charge is -2.30. The maximum absolute atomic E-state index is 10.8. The van der Waals surface area contributed by atoms with E-state index in [1.54, 1.807) is 0 Å². The van der Waals surface area contributed by atoms with Crippen LogP contribution in [0.1, 0.15) is 35.6 Å². The first-order valence-electron chi connectivity index (χ1n) is 7.83. The summed E-state index contributed by atoms with van der Waals surface area (Å²) < 4.78 is 0. The van der Waals surface area contributed by atoms with Gasteiger partial charge in [-0.15, -0.1) is 0 Å². The van der Waals surface area contributed by atoms with Crippen LogP contribution in [0.3, 0.4) is 0 Å². The minimum atomic E-state index is -0.522. The maximum Gasteiger partial charge on any atom is 0.104 e. The second-order valence-corrected chi connectivity index (χ2v) is 6.46. The van der Waals surface area contributed by atoms with Gasteiger partial charge in [-0.2, -0.15) is 0 Å². The molecule has 0 aromatic heterocycles. The second kappa shape index (κ2) is 4.97. The molecule has 2 heteroatoms. The summed E-state index contributed by atoms with van der Waals surface area (Å²) in [6, 6.07) is 18.5. The first-order chi connectivity index (χ1) is 10.3. The van der Waals surface area contributed by atoms with Crippen LogP contribution < -0.4 is 0 Å². The quantitative estimate of drug-likeness (QED) is 0.933. The van der Waals surface area contributed by atoms with Crippen LogP contribution in [0.5, 0.6) is 0 Å². The highest BCUT2D eigenvalue weighted by molar-refractivity contribution is 5.42. The fraction of sp³-hybridized carbons (Fsp3) is 0.368. The van der Waals surface area contributed by atoms with Crippen LogP contribution in [0.25, 0.3) is 0 Å². The number of hydrogen-bond donors (Lipinski definition) is 1. The zero-order valence-corrected chi connectivity index (χ0v) is 12.2. The molecule has 108 valence electrons. The van der Waals surface area contributed by atoms with Crippen LogP contribution in [0, 0.1) is 0 Å². The molecule has 0 spiro atoms. The largest absolute Gasteiger partial charge is 0.384 e. The van der Waals surface area contributed by atoms with E-state index in [1.165, 1.54) is 31.5 Å². The zero-order valence-electron chi connectivity index (χ0n) is 12.2. The topological polar surface area (TPSA) is 23.5 Å². The Morgan fingerprint density at radius 3 is 2.24 bits per heavy atom. The summed E-state index contributed by atoms with van der Waals surface area (Å²) in [6.07, 6.45) is 1.93. The second-order valence-electron chi connectivity index (χ2n) is 6.46. The van der Waals surface area contributed by atoms with Gasteiger partial charge in [-0.1, -0.05) is 54.6 Å². The van der Waals surface area contributed by atoms with Crippen LogP contribution in [-0.2, 0) is 5.41 Å². The molecule has 2 aliphatic heterocycles. The number of hydrogen-bond acceptors (Lipinski definition) is 2. The third-order valence-corrected chi connectivity index (χ3v) is 5.28. The van der Waals surface area contributed by atoms with Crippen LogP contribution in [0.15, 0.2) is 54.6 Å². The molecular weight excluding hydrogens is 258 g/mol. The van der Waals surface area contributed by atoms with E-state index in [4.69, 9.17) is 0 Å². The standard InChI is InChI=1S/C19H21NO/c21-18(15-6-2-1-3-7-15)16-8-4-5-9-17(16)19-10-12-20(14-19)13-11-19/h1-9,18,21H,10-14H2. The van der Waals surface area contributed by atoms with Gasteiger partial charge in [0, 0.05) is 12.0 Å². The van der Waals surface area contributed by atoms with Crippen molar-refractivity contribution in [3.8, 4) is 0 Å². The van der Waals surface area contributed by atoms with E-state index in [0.717, 1.165) is 17.7 Å². The highest BCUT2D eigenvalue weighted by atomic mass is 16.3. The van der Waals surface area contributed by atoms with E-state index in [9.17, 15) is 5.11 Å². The fourth-order valence-corrected chi connectivity index (χ4v) is 4.11. The average Bonchev–Trinajstić information content (AvgIpc) is 3.17. The van der Waals surface area contributed by atoms with Gasteiger partial charge in [0.05, 0.1) is 0 Å². The third kappa shape index (κ3) is 2.10. The van der Waals surface area contributed by atoms with Crippen LogP contribution in [-0.4, -0.2) is 29.6 Å². The molecule has 0 aliphatic carbocycles. The Kier molecular flexibility index (Phi) is 3.09. The SMILES string of the molecule is OC(c1ccccc1)c1ccccc1C12CCN(CC1)C2. The van der Waals surface area contributed by atoms with E-state index in [1.807, 2.05) is 36.4 Å². The maximum atomic E-state index is 10.8. The van der Waals surface area contributed by atoms with Crippen molar-refractivity contribution in [2.24, 2.45) is 0 Å². The molecule has 21 heavy (non-hydrogen) atoms. The van der Waals surface area contributed by atoms with E-state index < -0.39 is 6.10 Å². The van der Waals surface area contributed by atoms with Crippen LogP contribution in [0.4, 0.5) is 0 Å². The van der Waals surface area contributed by atoms with E-state index in [0.29, 0.717) is 0 Å². The lowest BCUT2D eigenvalue weighted by molar-refractivity contribution is 0.216. The number of benzene rings is 2. The molecule has 0 amide bonds. The first kappa shape index (κ1) is 13.1. The van der Waals surface area contributed by atoms with Gasteiger partial charge in [0.2, 0.25) is 0 Å². The Balaban J connectivity index is 1.77. The van der Waals surface area contributed by atoms with Crippen molar-refractivity contribution in [2.45, 2.75) is 24.4 Å². The fourth-order valence-electron chi connectivity index (χ4n) is 4.11. The van der Waals surface area contributed by atoms with E-state index >= 15 is 0 Å². The average molecular weight is 279 g/mol. The summed E-state index contributed by atoms with van der Waals surface area (Å²) in [5.41, 5.74) is 3.70. The Bertz CT molecular complexity index is 629. The molecule has 2 nitrogen and oxygen atoms in total. The van der Waals surface area contributed by atoms with Gasteiger partial charge in [0.1, 0.15) is 6.10 Å². The molecule has 2 bridgehead atoms. The molecule has 2 fully saturated rings. The molecule has 0 saturated carbocycles. The number of aliphatic hydroxyl groups is 1. The lowest BCUT2D eigenvalue weighted by atomic mass is 9.74. The first-order valence-corrected chi connectivity index (χ1v) is 7.83. The van der Waals surface area contributed by atoms with Crippen molar-refractivity contribution in [1.82, 2.24) is 4.90 Å². The summed E-state index contributed by atoms with van der Waals surface area (Å²) in [7, 11) is 0. The molecule has 4 rings (SSSR count). The van der Waals surface area contributed by atoms with Gasteiger partial charge in [-0.3, -0.25) is 0 Å². The Labute approximate surface area is 126 Å². The number of piperidine rings is 1. The van der Waals surface area contributed by atoms with Gasteiger partial charge in [-0.25, -0.2) is 0 Å². The molecule has 1 unspecified atom stereocenters. The van der Waals surface area contributed by atoms with Gasteiger partial charge >= 0.3 is 0 Å². The summed E-state index contributed by atoms with van der Waals surface area (Å²) in [5.74, 6) is 0. The normalized spacial score (nSPS) is 28.7. The smallest absolute Gasteiger partial charge is 0.104 e. The number of rotatable bonds is 3. The van der Waals surface area contributed by atoms with Crippen molar-refractivity contribution < 1.29 is 5.11 Å². The summed E-state index contributed by atoms with van der Waals surface area (Å²) in [4.78, 5) is 2.55. The van der Waals surface area contributed by atoms with Gasteiger partial charge in [0.15, 0.2) is 0 Å². The number of fused-ring (bicyclic) bond motifs is 2. The molecule has 2 aliphatic rings. The minimum absolute atomic E-state index is 0.270. The molecule has 2 heterocycles. The lowest BCUT2D eigenvalue weighted by Crippen LogP contribution is -2.26. The summed E-state index contributed by atoms with van der Waals surface area (Å²) >= 11 is 0. The molecule has 2 aromatic carbocycles. The molecule has 1 N–H and O–H groups in total. The van der Waals surface area contributed by atoms with E-state index in [2.05, 4.69) is 23.1 Å². The van der Waals surface area contributed by atoms with Gasteiger partial charge in [0.25, 0.3) is 0 Å². The highest BCUT2D eigenvalue weighted by Crippen LogP contribution is 2.45. The Hall–Kier alpha value is -1.64. The van der Waals surface area contributed by atoms with Crippen LogP contribution >= 0.6 is 0 Å². The highest BCUT2D eigenvalue weighted by Gasteiger charge is 2.46. The molecule has 1 atom stereocenters. The predicted molar refractivity (Wildman–Crippen MR) is 84.3 cm³/mol. The number of aliphatic hydroxyl groups excluding tert-OH is 1. The van der Waals surface area contributed by atoms with Crippen molar-refractivity contribution in [3.63, 3.8) is 0 Å². The zero-order chi connectivity index (χ0) is 14.3. The van der Waals surface area contributed by atoms with Gasteiger partial charge < -0.3 is 10.0 Å². The minimum Gasteiger partial charge on any atom is -0.384 e. The molecule has 2 aromatic rings. The number of nitrogens with zero attached hydrogens (tertiary/aromatic N) is 1. The molecule has 0 radical (unpaired) electrons.